The Kier molecular flexibility index (Phi) is 8.12. The number of benzene rings is 1. The first-order valence-electron chi connectivity index (χ1n) is 5.53. The van der Waals surface area contributed by atoms with Gasteiger partial charge in [0, 0.05) is 12.1 Å². The molecule has 0 heterocycles. The molecule has 1 aromatic rings. The fraction of sp³-hybridized carbons (Fsp3) is 0.273. The predicted octanol–water partition coefficient (Wildman–Crippen LogP) is -0.486. The third kappa shape index (κ3) is 6.29. The van der Waals surface area contributed by atoms with E-state index in [0.29, 0.717) is 0 Å². The molecular weight excluding hydrogens is 350 g/mol. The van der Waals surface area contributed by atoms with E-state index >= 15 is 0 Å². The number of nitrogens with one attached hydrogen (secondary N) is 1. The molecule has 1 atom stereocenters. The number of carbonyl (C=O) groups is 2. The number of rotatable bonds is 6. The molecule has 0 saturated carbocycles. The van der Waals surface area contributed by atoms with Gasteiger partial charge >= 0.3 is 5.97 Å². The van der Waals surface area contributed by atoms with E-state index in [1.807, 2.05) is 0 Å². The zero-order valence-electron chi connectivity index (χ0n) is 10.7. The van der Waals surface area contributed by atoms with Gasteiger partial charge in [0.25, 0.3) is 5.69 Å². The highest BCUT2D eigenvalue weighted by molar-refractivity contribution is 8.93. The summed E-state index contributed by atoms with van der Waals surface area (Å²) >= 11 is 0. The number of nitrogens with zero attached hydrogens (tertiary/aromatic N) is 1. The maximum atomic E-state index is 11.4. The minimum Gasteiger partial charge on any atom is -0.425 e. The third-order valence-corrected chi connectivity index (χ3v) is 2.22. The van der Waals surface area contributed by atoms with Crippen LogP contribution in [0.3, 0.4) is 0 Å². The second kappa shape index (κ2) is 9.00. The molecule has 4 N–H and O–H groups in total. The molecule has 0 bridgehead atoms. The van der Waals surface area contributed by atoms with Gasteiger partial charge < -0.3 is 20.9 Å². The fourth-order valence-electron chi connectivity index (χ4n) is 1.18. The van der Waals surface area contributed by atoms with E-state index in [1.54, 1.807) is 0 Å². The number of non-ortho nitro benzene ring substituents is 1. The van der Waals surface area contributed by atoms with E-state index in [2.05, 4.69) is 5.32 Å². The molecule has 0 fully saturated rings. The van der Waals surface area contributed by atoms with Gasteiger partial charge in [0.15, 0.2) is 0 Å². The van der Waals surface area contributed by atoms with Crippen molar-refractivity contribution in [3.05, 3.63) is 34.4 Å². The molecule has 0 radical (unpaired) electrons. The molecule has 1 rings (SSSR count). The molecule has 116 valence electrons. The number of hydrogen-bond acceptors (Lipinski definition) is 7. The second-order valence-electron chi connectivity index (χ2n) is 3.73. The van der Waals surface area contributed by atoms with Gasteiger partial charge in [0.2, 0.25) is 5.91 Å². The molecule has 9 nitrogen and oxygen atoms in total. The van der Waals surface area contributed by atoms with Crippen LogP contribution in [0.1, 0.15) is 0 Å². The quantitative estimate of drug-likeness (QED) is 0.267. The number of nitrogens with two attached hydrogens (primary N) is 1. The molecule has 1 aromatic carbocycles. The van der Waals surface area contributed by atoms with E-state index in [-0.39, 0.29) is 28.4 Å². The highest BCUT2D eigenvalue weighted by atomic mass is 79.9. The number of amides is 1. The van der Waals surface area contributed by atoms with Crippen LogP contribution < -0.4 is 15.8 Å². The van der Waals surface area contributed by atoms with Crippen LogP contribution in [0.4, 0.5) is 5.69 Å². The van der Waals surface area contributed by atoms with Crippen LogP contribution in [0.25, 0.3) is 0 Å². The Bertz CT molecular complexity index is 507. The van der Waals surface area contributed by atoms with Crippen molar-refractivity contribution in [3.63, 3.8) is 0 Å². The summed E-state index contributed by atoms with van der Waals surface area (Å²) in [4.78, 5) is 32.4. The largest absolute Gasteiger partial charge is 0.425 e. The van der Waals surface area contributed by atoms with Gasteiger partial charge in [0.05, 0.1) is 11.5 Å². The Morgan fingerprint density at radius 2 is 1.95 bits per heavy atom. The molecule has 0 aromatic heterocycles. The number of nitro groups is 1. The molecule has 0 aliphatic heterocycles. The standard InChI is InChI=1S/C11H13N3O6.BrH/c12-9(6-15)11(17)13-5-10(16)20-8-3-1-7(2-4-8)14(18)19;/h1-4,9,15H,5-6,12H2,(H,13,17);1H. The van der Waals surface area contributed by atoms with Gasteiger partial charge in [-0.15, -0.1) is 17.0 Å². The SMILES string of the molecule is Br.NC(CO)C(=O)NCC(=O)Oc1ccc([N+](=O)[O-])cc1. The summed E-state index contributed by atoms with van der Waals surface area (Å²) in [5, 5.41) is 21.2. The van der Waals surface area contributed by atoms with Crippen LogP contribution in [0, 0.1) is 10.1 Å². The van der Waals surface area contributed by atoms with Gasteiger partial charge in [-0.3, -0.25) is 14.9 Å². The summed E-state index contributed by atoms with van der Waals surface area (Å²) in [7, 11) is 0. The Labute approximate surface area is 130 Å². The number of carbonyl (C=O) groups excluding carboxylic acids is 2. The summed E-state index contributed by atoms with van der Waals surface area (Å²) in [5.41, 5.74) is 5.09. The van der Waals surface area contributed by atoms with E-state index in [4.69, 9.17) is 15.6 Å². The van der Waals surface area contributed by atoms with Gasteiger partial charge in [-0.1, -0.05) is 0 Å². The number of aliphatic hydroxyl groups excluding tert-OH is 1. The van der Waals surface area contributed by atoms with Crippen LogP contribution in [0.5, 0.6) is 5.75 Å². The lowest BCUT2D eigenvalue weighted by atomic mass is 10.3. The van der Waals surface area contributed by atoms with Crippen molar-refractivity contribution in [1.29, 1.82) is 0 Å². The number of nitro benzene ring substituents is 1. The number of hydrogen-bond donors (Lipinski definition) is 3. The third-order valence-electron chi connectivity index (χ3n) is 2.22. The van der Waals surface area contributed by atoms with Crippen LogP contribution in [0.15, 0.2) is 24.3 Å². The number of ether oxygens (including phenoxy) is 1. The smallest absolute Gasteiger partial charge is 0.330 e. The van der Waals surface area contributed by atoms with Crippen LogP contribution in [-0.2, 0) is 9.59 Å². The maximum absolute atomic E-state index is 11.4. The minimum atomic E-state index is -1.11. The van der Waals surface area contributed by atoms with Crippen molar-refractivity contribution < 1.29 is 24.4 Å². The Balaban J connectivity index is 0.00000400. The summed E-state index contributed by atoms with van der Waals surface area (Å²) < 4.78 is 4.83. The highest BCUT2D eigenvalue weighted by Crippen LogP contribution is 2.17. The molecule has 1 amide bonds. The molecule has 0 spiro atoms. The Morgan fingerprint density at radius 3 is 2.43 bits per heavy atom. The zero-order valence-corrected chi connectivity index (χ0v) is 12.4. The van der Waals surface area contributed by atoms with Gasteiger partial charge in [-0.25, -0.2) is 4.79 Å². The molecular formula is C11H14BrN3O6. The second-order valence-corrected chi connectivity index (χ2v) is 3.73. The number of halogens is 1. The lowest BCUT2D eigenvalue weighted by Crippen LogP contribution is -2.45. The zero-order chi connectivity index (χ0) is 15.1. The van der Waals surface area contributed by atoms with E-state index < -0.39 is 36.0 Å². The molecule has 10 heteroatoms. The van der Waals surface area contributed by atoms with E-state index in [0.717, 1.165) is 0 Å². The summed E-state index contributed by atoms with van der Waals surface area (Å²) in [5.74, 6) is -1.34. The van der Waals surface area contributed by atoms with Crippen molar-refractivity contribution >= 4 is 34.5 Å². The summed E-state index contributed by atoms with van der Waals surface area (Å²) in [6, 6.07) is 3.78. The van der Waals surface area contributed by atoms with Crippen molar-refractivity contribution in [2.75, 3.05) is 13.2 Å². The van der Waals surface area contributed by atoms with E-state index in [1.165, 1.54) is 24.3 Å². The maximum Gasteiger partial charge on any atom is 0.330 e. The molecule has 0 aliphatic rings. The highest BCUT2D eigenvalue weighted by Gasteiger charge is 2.14. The van der Waals surface area contributed by atoms with Crippen molar-refractivity contribution in [2.24, 2.45) is 5.73 Å². The number of aliphatic hydroxyl groups is 1. The molecule has 0 aliphatic carbocycles. The Morgan fingerprint density at radius 1 is 1.38 bits per heavy atom. The van der Waals surface area contributed by atoms with Crippen LogP contribution in [0.2, 0.25) is 0 Å². The number of esters is 1. The average molecular weight is 364 g/mol. The van der Waals surface area contributed by atoms with Crippen LogP contribution >= 0.6 is 17.0 Å². The van der Waals surface area contributed by atoms with Crippen molar-refractivity contribution in [3.8, 4) is 5.75 Å². The lowest BCUT2D eigenvalue weighted by Gasteiger charge is -2.09. The van der Waals surface area contributed by atoms with Gasteiger partial charge in [-0.05, 0) is 12.1 Å². The van der Waals surface area contributed by atoms with Crippen molar-refractivity contribution in [1.82, 2.24) is 5.32 Å². The van der Waals surface area contributed by atoms with E-state index in [9.17, 15) is 19.7 Å². The summed E-state index contributed by atoms with van der Waals surface area (Å²) in [6.07, 6.45) is 0. The predicted molar refractivity (Wildman–Crippen MR) is 77.1 cm³/mol. The first-order chi connectivity index (χ1) is 9.43. The van der Waals surface area contributed by atoms with Gasteiger partial charge in [-0.2, -0.15) is 0 Å². The molecule has 0 saturated heterocycles. The first-order valence-corrected chi connectivity index (χ1v) is 5.53. The summed E-state index contributed by atoms with van der Waals surface area (Å²) in [6.45, 7) is -0.966. The van der Waals surface area contributed by atoms with Gasteiger partial charge in [0.1, 0.15) is 18.3 Å². The molecule has 1 unspecified atom stereocenters. The fourth-order valence-corrected chi connectivity index (χ4v) is 1.18. The monoisotopic (exact) mass is 363 g/mol. The first kappa shape index (κ1) is 19.0. The lowest BCUT2D eigenvalue weighted by molar-refractivity contribution is -0.384. The van der Waals surface area contributed by atoms with Crippen molar-refractivity contribution in [2.45, 2.75) is 6.04 Å². The Hall–Kier alpha value is -2.04. The average Bonchev–Trinajstić information content (AvgIpc) is 2.44. The van der Waals surface area contributed by atoms with Crippen LogP contribution in [-0.4, -0.2) is 41.1 Å². The normalized spacial score (nSPS) is 11.0. The topological polar surface area (TPSA) is 145 Å². The minimum absolute atomic E-state index is 0. The molecule has 21 heavy (non-hydrogen) atoms.